The molecule has 1 atom stereocenters. The van der Waals surface area contributed by atoms with E-state index in [9.17, 15) is 5.11 Å². The quantitative estimate of drug-likeness (QED) is 0.493. The predicted octanol–water partition coefficient (Wildman–Crippen LogP) is 3.65. The Morgan fingerprint density at radius 2 is 1.97 bits per heavy atom. The number of benzene rings is 1. The average molecular weight is 467 g/mol. The molecule has 0 radical (unpaired) electrons. The van der Waals surface area contributed by atoms with E-state index < -0.39 is 6.10 Å². The van der Waals surface area contributed by atoms with Crippen LogP contribution in [-0.2, 0) is 11.2 Å². The summed E-state index contributed by atoms with van der Waals surface area (Å²) in [4.78, 5) is 9.99. The van der Waals surface area contributed by atoms with Gasteiger partial charge in [-0.2, -0.15) is 0 Å². The van der Waals surface area contributed by atoms with Gasteiger partial charge in [-0.1, -0.05) is 17.3 Å². The van der Waals surface area contributed by atoms with Gasteiger partial charge in [0.15, 0.2) is 5.82 Å². The Kier molecular flexibility index (Phi) is 7.92. The fourth-order valence-corrected chi connectivity index (χ4v) is 4.39. The van der Waals surface area contributed by atoms with Crippen LogP contribution in [0.1, 0.15) is 35.6 Å². The van der Waals surface area contributed by atoms with Crippen molar-refractivity contribution in [2.45, 2.75) is 46.1 Å². The number of aliphatic hydroxyl groups excluding tert-OH is 1. The van der Waals surface area contributed by atoms with Gasteiger partial charge in [-0.25, -0.2) is 9.97 Å². The summed E-state index contributed by atoms with van der Waals surface area (Å²) < 4.78 is 16.8. The highest BCUT2D eigenvalue weighted by molar-refractivity contribution is 5.71. The van der Waals surface area contributed by atoms with Crippen LogP contribution in [0.25, 0.3) is 22.6 Å². The van der Waals surface area contributed by atoms with Crippen LogP contribution in [0.3, 0.4) is 0 Å². The lowest BCUT2D eigenvalue weighted by Crippen LogP contribution is -2.29. The van der Waals surface area contributed by atoms with Gasteiger partial charge in [0.2, 0.25) is 0 Å². The molecule has 0 unspecified atom stereocenters. The number of rotatable bonds is 9. The van der Waals surface area contributed by atoms with Gasteiger partial charge >= 0.3 is 0 Å². The maximum absolute atomic E-state index is 9.98. The van der Waals surface area contributed by atoms with Crippen molar-refractivity contribution >= 4 is 0 Å². The second-order valence-electron chi connectivity index (χ2n) is 8.98. The fourth-order valence-electron chi connectivity index (χ4n) is 4.39. The van der Waals surface area contributed by atoms with Crippen LogP contribution in [0.5, 0.6) is 5.75 Å². The van der Waals surface area contributed by atoms with Crippen LogP contribution in [0.15, 0.2) is 28.8 Å². The molecule has 1 saturated heterocycles. The minimum absolute atomic E-state index is 0.207. The Morgan fingerprint density at radius 3 is 2.68 bits per heavy atom. The smallest absolute Gasteiger partial charge is 0.160 e. The third kappa shape index (κ3) is 5.63. The molecular formula is C26H34N4O4. The molecule has 8 heteroatoms. The van der Waals surface area contributed by atoms with Crippen molar-refractivity contribution in [3.63, 3.8) is 0 Å². The third-order valence-electron chi connectivity index (χ3n) is 6.31. The van der Waals surface area contributed by atoms with Crippen molar-refractivity contribution in [1.29, 1.82) is 0 Å². The van der Waals surface area contributed by atoms with Gasteiger partial charge in [0.05, 0.1) is 17.0 Å². The van der Waals surface area contributed by atoms with E-state index in [4.69, 9.17) is 24.0 Å². The van der Waals surface area contributed by atoms with Crippen molar-refractivity contribution in [2.24, 2.45) is 5.92 Å². The highest BCUT2D eigenvalue weighted by Gasteiger charge is 2.23. The lowest BCUT2D eigenvalue weighted by Gasteiger charge is -2.23. The molecule has 0 amide bonds. The molecule has 0 spiro atoms. The normalized spacial score (nSPS) is 15.4. The van der Waals surface area contributed by atoms with Crippen LogP contribution in [-0.4, -0.2) is 59.7 Å². The highest BCUT2D eigenvalue weighted by Crippen LogP contribution is 2.33. The number of likely N-dealkylation sites (N-methyl/N-ethyl adjacent to an activating group) is 1. The van der Waals surface area contributed by atoms with E-state index in [0.717, 1.165) is 72.0 Å². The summed E-state index contributed by atoms with van der Waals surface area (Å²) in [5.74, 6) is 2.60. The maximum Gasteiger partial charge on any atom is 0.160 e. The number of hydrogen-bond acceptors (Lipinski definition) is 8. The minimum atomic E-state index is -0.582. The zero-order chi connectivity index (χ0) is 24.1. The lowest BCUT2D eigenvalue weighted by molar-refractivity contribution is 0.0662. The molecular weight excluding hydrogens is 432 g/mol. The molecule has 8 nitrogen and oxygen atoms in total. The molecule has 1 aliphatic heterocycles. The van der Waals surface area contributed by atoms with Gasteiger partial charge in [-0.05, 0) is 70.7 Å². The number of nitrogens with zero attached hydrogens (tertiary/aromatic N) is 3. The topological polar surface area (TPSA) is 103 Å². The number of aromatic nitrogens is 3. The Hall–Kier alpha value is -2.81. The molecule has 182 valence electrons. The number of aryl methyl sites for hydroxylation is 2. The molecule has 34 heavy (non-hydrogen) atoms. The van der Waals surface area contributed by atoms with E-state index >= 15 is 0 Å². The van der Waals surface area contributed by atoms with Gasteiger partial charge < -0.3 is 24.4 Å². The summed E-state index contributed by atoms with van der Waals surface area (Å²) in [7, 11) is 1.80. The molecule has 1 fully saturated rings. The van der Waals surface area contributed by atoms with Crippen LogP contribution in [0.4, 0.5) is 0 Å². The number of ether oxygens (including phenoxy) is 2. The fraction of sp³-hybridized carbons (Fsp3) is 0.500. The molecule has 3 heterocycles. The first-order valence-corrected chi connectivity index (χ1v) is 11.9. The second-order valence-corrected chi connectivity index (χ2v) is 8.98. The summed E-state index contributed by atoms with van der Waals surface area (Å²) in [6, 6.07) is 7.71. The SMILES string of the molecule is CNC[C@H](O)COc1cccc(-c2nc(CC3CCOCC3)c(C)c(-c3c(C)noc3C)n2)c1. The highest BCUT2D eigenvalue weighted by atomic mass is 16.5. The monoisotopic (exact) mass is 466 g/mol. The number of aliphatic hydroxyl groups is 1. The first-order chi connectivity index (χ1) is 16.5. The lowest BCUT2D eigenvalue weighted by atomic mass is 9.92. The van der Waals surface area contributed by atoms with Crippen molar-refractivity contribution in [3.05, 3.63) is 47.0 Å². The second kappa shape index (κ2) is 11.1. The van der Waals surface area contributed by atoms with Gasteiger partial charge in [-0.3, -0.25) is 0 Å². The zero-order valence-electron chi connectivity index (χ0n) is 20.4. The molecule has 3 aromatic rings. The van der Waals surface area contributed by atoms with Crippen molar-refractivity contribution in [3.8, 4) is 28.4 Å². The minimum Gasteiger partial charge on any atom is -0.491 e. The predicted molar refractivity (Wildman–Crippen MR) is 130 cm³/mol. The summed E-state index contributed by atoms with van der Waals surface area (Å²) in [5, 5.41) is 17.1. The third-order valence-corrected chi connectivity index (χ3v) is 6.31. The van der Waals surface area contributed by atoms with Crippen molar-refractivity contribution < 1.29 is 19.1 Å². The van der Waals surface area contributed by atoms with Gasteiger partial charge in [0.1, 0.15) is 24.2 Å². The summed E-state index contributed by atoms with van der Waals surface area (Å²) in [5.41, 5.74) is 5.57. The number of nitrogens with one attached hydrogen (secondary N) is 1. The molecule has 1 aliphatic rings. The molecule has 4 rings (SSSR count). The molecule has 0 aliphatic carbocycles. The van der Waals surface area contributed by atoms with Crippen LogP contribution in [0.2, 0.25) is 0 Å². The van der Waals surface area contributed by atoms with Gasteiger partial charge in [0.25, 0.3) is 0 Å². The van der Waals surface area contributed by atoms with E-state index in [1.165, 1.54) is 0 Å². The van der Waals surface area contributed by atoms with Gasteiger partial charge in [-0.15, -0.1) is 0 Å². The molecule has 0 saturated carbocycles. The van der Waals surface area contributed by atoms with Crippen LogP contribution < -0.4 is 10.1 Å². The van der Waals surface area contributed by atoms with Crippen molar-refractivity contribution in [2.75, 3.05) is 33.4 Å². The summed E-state index contributed by atoms with van der Waals surface area (Å²) in [6.07, 6.45) is 2.38. The summed E-state index contributed by atoms with van der Waals surface area (Å²) >= 11 is 0. The molecule has 0 bridgehead atoms. The largest absolute Gasteiger partial charge is 0.491 e. The van der Waals surface area contributed by atoms with E-state index in [-0.39, 0.29) is 6.61 Å². The zero-order valence-corrected chi connectivity index (χ0v) is 20.4. The van der Waals surface area contributed by atoms with E-state index in [2.05, 4.69) is 17.4 Å². The maximum atomic E-state index is 9.98. The standard InChI is InChI=1S/C26H34N4O4/c1-16-23(12-19-8-10-32-11-9-19)28-26(29-25(16)24-17(2)30-34-18(24)3)20-6-5-7-22(13-20)33-15-21(31)14-27-4/h5-7,13,19,21,27,31H,8-12,14-15H2,1-4H3/t21-/m0/s1. The van der Waals surface area contributed by atoms with E-state index in [0.29, 0.717) is 24.0 Å². The Morgan fingerprint density at radius 1 is 1.18 bits per heavy atom. The molecule has 2 aromatic heterocycles. The van der Waals surface area contributed by atoms with E-state index in [1.807, 2.05) is 38.1 Å². The van der Waals surface area contributed by atoms with Crippen LogP contribution in [0, 0.1) is 26.7 Å². The van der Waals surface area contributed by atoms with Crippen molar-refractivity contribution in [1.82, 2.24) is 20.4 Å². The van der Waals surface area contributed by atoms with Crippen LogP contribution >= 0.6 is 0 Å². The Balaban J connectivity index is 1.71. The molecule has 2 N–H and O–H groups in total. The summed E-state index contributed by atoms with van der Waals surface area (Å²) in [6.45, 7) is 8.22. The average Bonchev–Trinajstić information content (AvgIpc) is 3.18. The Labute approximate surface area is 200 Å². The van der Waals surface area contributed by atoms with Gasteiger partial charge in [0, 0.05) is 31.0 Å². The first kappa shape index (κ1) is 24.3. The first-order valence-electron chi connectivity index (χ1n) is 11.9. The number of hydrogen-bond donors (Lipinski definition) is 2. The van der Waals surface area contributed by atoms with E-state index in [1.54, 1.807) is 7.05 Å². The molecule has 1 aromatic carbocycles. The Bertz CT molecular complexity index is 1090.